The molecule has 2 N–H and O–H groups in total. The number of hydrogen-bond acceptors (Lipinski definition) is 3. The number of furan rings is 1. The van der Waals surface area contributed by atoms with Crippen LogP contribution in [0.15, 0.2) is 53.1 Å². The average molecular weight is 231 g/mol. The maximum atomic E-state index is 10.1. The molecule has 1 aromatic heterocycles. The van der Waals surface area contributed by atoms with E-state index in [0.717, 1.165) is 11.3 Å². The Bertz CT molecular complexity index is 425. The van der Waals surface area contributed by atoms with Crippen molar-refractivity contribution in [2.45, 2.75) is 25.6 Å². The molecule has 0 unspecified atom stereocenters. The normalized spacial score (nSPS) is 14.5. The van der Waals surface area contributed by atoms with Gasteiger partial charge in [0.05, 0.1) is 18.9 Å². The number of aliphatic hydroxyl groups is 1. The second-order valence-corrected chi connectivity index (χ2v) is 4.10. The van der Waals surface area contributed by atoms with Gasteiger partial charge in [0.1, 0.15) is 5.76 Å². The van der Waals surface area contributed by atoms with Gasteiger partial charge in [-0.25, -0.2) is 0 Å². The zero-order chi connectivity index (χ0) is 12.1. The molecule has 0 amide bonds. The minimum atomic E-state index is -0.508. The molecule has 0 saturated heterocycles. The van der Waals surface area contributed by atoms with Crippen LogP contribution in [0.4, 0.5) is 0 Å². The molecule has 2 rings (SSSR count). The largest absolute Gasteiger partial charge is 0.468 e. The predicted octanol–water partition coefficient (Wildman–Crippen LogP) is 2.49. The zero-order valence-corrected chi connectivity index (χ0v) is 9.84. The third-order valence-corrected chi connectivity index (χ3v) is 2.79. The molecule has 0 fully saturated rings. The Hall–Kier alpha value is -1.58. The first-order valence-electron chi connectivity index (χ1n) is 5.76. The van der Waals surface area contributed by atoms with Gasteiger partial charge in [0, 0.05) is 6.04 Å². The number of nitrogens with one attached hydrogen (secondary N) is 1. The van der Waals surface area contributed by atoms with Gasteiger partial charge in [-0.1, -0.05) is 30.3 Å². The summed E-state index contributed by atoms with van der Waals surface area (Å²) in [4.78, 5) is 0. The summed E-state index contributed by atoms with van der Waals surface area (Å²) in [5, 5.41) is 13.4. The van der Waals surface area contributed by atoms with Gasteiger partial charge < -0.3 is 14.8 Å². The molecule has 2 aromatic rings. The highest BCUT2D eigenvalue weighted by molar-refractivity contribution is 5.18. The predicted molar refractivity (Wildman–Crippen MR) is 66.4 cm³/mol. The highest BCUT2D eigenvalue weighted by Crippen LogP contribution is 2.16. The van der Waals surface area contributed by atoms with Gasteiger partial charge in [-0.3, -0.25) is 0 Å². The van der Waals surface area contributed by atoms with Crippen LogP contribution in [0, 0.1) is 0 Å². The van der Waals surface area contributed by atoms with Crippen LogP contribution < -0.4 is 5.32 Å². The minimum absolute atomic E-state index is 0.0255. The molecule has 17 heavy (non-hydrogen) atoms. The summed E-state index contributed by atoms with van der Waals surface area (Å²) in [6, 6.07) is 13.4. The van der Waals surface area contributed by atoms with Gasteiger partial charge >= 0.3 is 0 Å². The van der Waals surface area contributed by atoms with Crippen LogP contribution >= 0.6 is 0 Å². The van der Waals surface area contributed by atoms with Crippen molar-refractivity contribution in [1.29, 1.82) is 0 Å². The molecule has 0 bridgehead atoms. The van der Waals surface area contributed by atoms with Gasteiger partial charge in [-0.15, -0.1) is 0 Å². The Kier molecular flexibility index (Phi) is 3.96. The maximum absolute atomic E-state index is 10.1. The minimum Gasteiger partial charge on any atom is -0.468 e. The number of hydrogen-bond donors (Lipinski definition) is 2. The van der Waals surface area contributed by atoms with E-state index in [1.807, 2.05) is 49.4 Å². The Morgan fingerprint density at radius 1 is 1.18 bits per heavy atom. The summed E-state index contributed by atoms with van der Waals surface area (Å²) in [6.45, 7) is 2.58. The lowest BCUT2D eigenvalue weighted by Crippen LogP contribution is -2.31. The van der Waals surface area contributed by atoms with Crippen LogP contribution in [0.1, 0.15) is 24.4 Å². The van der Waals surface area contributed by atoms with Crippen LogP contribution in [-0.4, -0.2) is 11.1 Å². The summed E-state index contributed by atoms with van der Waals surface area (Å²) < 4.78 is 5.23. The fourth-order valence-corrected chi connectivity index (χ4v) is 1.73. The van der Waals surface area contributed by atoms with Gasteiger partial charge in [0.2, 0.25) is 0 Å². The fourth-order valence-electron chi connectivity index (χ4n) is 1.73. The topological polar surface area (TPSA) is 45.4 Å². The lowest BCUT2D eigenvalue weighted by molar-refractivity contribution is 0.134. The van der Waals surface area contributed by atoms with E-state index < -0.39 is 6.10 Å². The first-order chi connectivity index (χ1) is 8.27. The smallest absolute Gasteiger partial charge is 0.117 e. The second-order valence-electron chi connectivity index (χ2n) is 4.10. The lowest BCUT2D eigenvalue weighted by Gasteiger charge is -2.20. The van der Waals surface area contributed by atoms with Crippen molar-refractivity contribution in [3.8, 4) is 0 Å². The standard InChI is InChI=1S/C14H17NO2/c1-11(15-10-13-8-5-9-17-13)14(16)12-6-3-2-4-7-12/h2-9,11,14-16H,10H2,1H3/t11-,14+/m0/s1. The van der Waals surface area contributed by atoms with Crippen molar-refractivity contribution < 1.29 is 9.52 Å². The third-order valence-electron chi connectivity index (χ3n) is 2.79. The van der Waals surface area contributed by atoms with Crippen molar-refractivity contribution in [3.05, 3.63) is 60.1 Å². The summed E-state index contributed by atoms with van der Waals surface area (Å²) in [5.74, 6) is 0.872. The average Bonchev–Trinajstić information content (AvgIpc) is 2.89. The number of aliphatic hydroxyl groups excluding tert-OH is 1. The van der Waals surface area contributed by atoms with Crippen LogP contribution in [0.5, 0.6) is 0 Å². The van der Waals surface area contributed by atoms with E-state index in [0.29, 0.717) is 6.54 Å². The number of benzene rings is 1. The van der Waals surface area contributed by atoms with Crippen molar-refractivity contribution in [2.24, 2.45) is 0 Å². The molecule has 0 spiro atoms. The lowest BCUT2D eigenvalue weighted by atomic mass is 10.0. The zero-order valence-electron chi connectivity index (χ0n) is 9.84. The Morgan fingerprint density at radius 2 is 1.94 bits per heavy atom. The quantitative estimate of drug-likeness (QED) is 0.831. The van der Waals surface area contributed by atoms with Crippen LogP contribution in [-0.2, 0) is 6.54 Å². The molecule has 0 radical (unpaired) electrons. The molecule has 3 heteroatoms. The molecule has 0 aliphatic heterocycles. The van der Waals surface area contributed by atoms with Crippen LogP contribution in [0.25, 0.3) is 0 Å². The highest BCUT2D eigenvalue weighted by Gasteiger charge is 2.15. The van der Waals surface area contributed by atoms with Crippen molar-refractivity contribution >= 4 is 0 Å². The van der Waals surface area contributed by atoms with Crippen molar-refractivity contribution in [1.82, 2.24) is 5.32 Å². The van der Waals surface area contributed by atoms with E-state index in [2.05, 4.69) is 5.32 Å². The first-order valence-corrected chi connectivity index (χ1v) is 5.76. The molecular formula is C14H17NO2. The maximum Gasteiger partial charge on any atom is 0.117 e. The molecule has 0 aliphatic rings. The third kappa shape index (κ3) is 3.19. The first kappa shape index (κ1) is 11.9. The fraction of sp³-hybridized carbons (Fsp3) is 0.286. The van der Waals surface area contributed by atoms with E-state index in [9.17, 15) is 5.11 Å². The molecule has 0 aliphatic carbocycles. The SMILES string of the molecule is C[C@H](NCc1ccco1)[C@@H](O)c1ccccc1. The second kappa shape index (κ2) is 5.66. The molecule has 90 valence electrons. The van der Waals surface area contributed by atoms with Crippen molar-refractivity contribution in [2.75, 3.05) is 0 Å². The Balaban J connectivity index is 1.89. The van der Waals surface area contributed by atoms with E-state index in [1.54, 1.807) is 6.26 Å². The van der Waals surface area contributed by atoms with E-state index in [4.69, 9.17) is 4.42 Å². The highest BCUT2D eigenvalue weighted by atomic mass is 16.3. The molecule has 0 saturated carbocycles. The molecular weight excluding hydrogens is 214 g/mol. The van der Waals surface area contributed by atoms with Crippen LogP contribution in [0.3, 0.4) is 0 Å². The van der Waals surface area contributed by atoms with Gasteiger partial charge in [0.25, 0.3) is 0 Å². The molecule has 1 aromatic carbocycles. The molecule has 1 heterocycles. The summed E-state index contributed by atoms with van der Waals surface area (Å²) in [5.41, 5.74) is 0.923. The van der Waals surface area contributed by atoms with Crippen LogP contribution in [0.2, 0.25) is 0 Å². The Labute approximate surface area is 101 Å². The molecule has 2 atom stereocenters. The van der Waals surface area contributed by atoms with Gasteiger partial charge in [0.15, 0.2) is 0 Å². The van der Waals surface area contributed by atoms with Gasteiger partial charge in [-0.2, -0.15) is 0 Å². The monoisotopic (exact) mass is 231 g/mol. The summed E-state index contributed by atoms with van der Waals surface area (Å²) in [6.07, 6.45) is 1.14. The summed E-state index contributed by atoms with van der Waals surface area (Å²) >= 11 is 0. The molecule has 3 nitrogen and oxygen atoms in total. The van der Waals surface area contributed by atoms with E-state index in [-0.39, 0.29) is 6.04 Å². The van der Waals surface area contributed by atoms with Crippen molar-refractivity contribution in [3.63, 3.8) is 0 Å². The van der Waals surface area contributed by atoms with Gasteiger partial charge in [-0.05, 0) is 24.6 Å². The number of rotatable bonds is 5. The van der Waals surface area contributed by atoms with E-state index >= 15 is 0 Å². The summed E-state index contributed by atoms with van der Waals surface area (Å²) in [7, 11) is 0. The Morgan fingerprint density at radius 3 is 2.59 bits per heavy atom. The van der Waals surface area contributed by atoms with E-state index in [1.165, 1.54) is 0 Å².